The summed E-state index contributed by atoms with van der Waals surface area (Å²) < 4.78 is 11.0. The molecule has 0 spiro atoms. The van der Waals surface area contributed by atoms with Crippen LogP contribution >= 0.6 is 0 Å². The van der Waals surface area contributed by atoms with Gasteiger partial charge in [0.2, 0.25) is 0 Å². The van der Waals surface area contributed by atoms with Gasteiger partial charge in [-0.3, -0.25) is 0 Å². The molecule has 0 amide bonds. The van der Waals surface area contributed by atoms with E-state index in [9.17, 15) is 15.0 Å². The van der Waals surface area contributed by atoms with Gasteiger partial charge in [-0.25, -0.2) is 4.79 Å². The zero-order chi connectivity index (χ0) is 25.3. The van der Waals surface area contributed by atoms with Crippen molar-refractivity contribution in [3.8, 4) is 0 Å². The highest BCUT2D eigenvalue weighted by molar-refractivity contribution is 5.82. The Labute approximate surface area is 205 Å². The number of rotatable bonds is 3. The van der Waals surface area contributed by atoms with E-state index >= 15 is 0 Å². The number of hydrogen-bond donors (Lipinski definition) is 2. The summed E-state index contributed by atoms with van der Waals surface area (Å²) in [5.74, 6) is -0.314. The number of carbonyl (C=O) groups excluding carboxylic acids is 1. The van der Waals surface area contributed by atoms with E-state index in [-0.39, 0.29) is 12.0 Å². The highest BCUT2D eigenvalue weighted by atomic mass is 16.5. The van der Waals surface area contributed by atoms with E-state index in [0.717, 1.165) is 18.4 Å². The van der Waals surface area contributed by atoms with E-state index in [1.54, 1.807) is 18.2 Å². The number of hydrogen-bond acceptors (Lipinski definition) is 5. The van der Waals surface area contributed by atoms with Gasteiger partial charge in [0.15, 0.2) is 0 Å². The van der Waals surface area contributed by atoms with Gasteiger partial charge in [0.1, 0.15) is 18.3 Å². The molecule has 0 aromatic heterocycles. The SMILES string of the molecule is CC/C=C/C1C/C=C\C=C/C(OC)C(O)C(O)C(C)/C=C/CC(C)/C=C/C=C(C)/C=C/C(=O)O1. The lowest BCUT2D eigenvalue weighted by Crippen LogP contribution is -2.40. The first-order chi connectivity index (χ1) is 16.3. The van der Waals surface area contributed by atoms with Crippen molar-refractivity contribution < 1.29 is 24.5 Å². The maximum absolute atomic E-state index is 12.3. The summed E-state index contributed by atoms with van der Waals surface area (Å²) in [4.78, 5) is 12.3. The third kappa shape index (κ3) is 12.1. The number of aliphatic hydroxyl groups is 2. The first kappa shape index (κ1) is 29.6. The zero-order valence-electron chi connectivity index (χ0n) is 21.2. The smallest absolute Gasteiger partial charge is 0.331 e. The van der Waals surface area contributed by atoms with Gasteiger partial charge >= 0.3 is 5.97 Å². The van der Waals surface area contributed by atoms with E-state index < -0.39 is 24.3 Å². The maximum atomic E-state index is 12.3. The van der Waals surface area contributed by atoms with Gasteiger partial charge in [0, 0.05) is 25.5 Å². The third-order valence-electron chi connectivity index (χ3n) is 5.50. The predicted octanol–water partition coefficient (Wildman–Crippen LogP) is 5.39. The van der Waals surface area contributed by atoms with Gasteiger partial charge in [-0.05, 0) is 31.8 Å². The van der Waals surface area contributed by atoms with Crippen molar-refractivity contribution in [3.05, 3.63) is 84.6 Å². The topological polar surface area (TPSA) is 76.0 Å². The second kappa shape index (κ2) is 17.0. The fourth-order valence-electron chi connectivity index (χ4n) is 3.30. The van der Waals surface area contributed by atoms with Crippen LogP contribution in [-0.2, 0) is 14.3 Å². The fourth-order valence-corrected chi connectivity index (χ4v) is 3.30. The van der Waals surface area contributed by atoms with E-state index in [0.29, 0.717) is 12.3 Å². The molecule has 5 heteroatoms. The average Bonchev–Trinajstić information content (AvgIpc) is 2.81. The molecule has 1 rings (SSSR count). The Hall–Kier alpha value is -2.47. The third-order valence-corrected chi connectivity index (χ3v) is 5.50. The van der Waals surface area contributed by atoms with Crippen LogP contribution in [-0.4, -0.2) is 47.7 Å². The molecule has 0 aromatic carbocycles. The van der Waals surface area contributed by atoms with E-state index in [1.165, 1.54) is 13.2 Å². The summed E-state index contributed by atoms with van der Waals surface area (Å²) in [5, 5.41) is 21.2. The minimum absolute atomic E-state index is 0.223. The summed E-state index contributed by atoms with van der Waals surface area (Å²) in [7, 11) is 1.50. The van der Waals surface area contributed by atoms with Crippen molar-refractivity contribution in [1.29, 1.82) is 0 Å². The molecule has 2 N–H and O–H groups in total. The van der Waals surface area contributed by atoms with Crippen LogP contribution in [0.5, 0.6) is 0 Å². The van der Waals surface area contributed by atoms with Gasteiger partial charge in [-0.15, -0.1) is 0 Å². The molecular weight excluding hydrogens is 428 g/mol. The van der Waals surface area contributed by atoms with Crippen molar-refractivity contribution >= 4 is 5.97 Å². The molecule has 0 aromatic rings. The summed E-state index contributed by atoms with van der Waals surface area (Å²) in [6.07, 6.45) is 23.3. The Morgan fingerprint density at radius 3 is 2.50 bits per heavy atom. The summed E-state index contributed by atoms with van der Waals surface area (Å²) in [6.45, 7) is 7.94. The van der Waals surface area contributed by atoms with E-state index in [2.05, 4.69) is 13.0 Å². The zero-order valence-corrected chi connectivity index (χ0v) is 21.2. The van der Waals surface area contributed by atoms with Crippen molar-refractivity contribution in [2.24, 2.45) is 11.8 Å². The molecule has 0 aliphatic carbocycles. The number of ether oxygens (including phenoxy) is 2. The molecule has 34 heavy (non-hydrogen) atoms. The molecule has 6 unspecified atom stereocenters. The number of aliphatic hydroxyl groups excluding tert-OH is 2. The van der Waals surface area contributed by atoms with Gasteiger partial charge in [-0.1, -0.05) is 93.2 Å². The second-order valence-electron chi connectivity index (χ2n) is 8.67. The predicted molar refractivity (Wildman–Crippen MR) is 139 cm³/mol. The lowest BCUT2D eigenvalue weighted by molar-refractivity contribution is -0.140. The second-order valence-corrected chi connectivity index (χ2v) is 8.67. The van der Waals surface area contributed by atoms with Gasteiger partial charge in [0.25, 0.3) is 0 Å². The molecule has 0 radical (unpaired) electrons. The Balaban J connectivity index is 3.12. The number of esters is 1. The fraction of sp³-hybridized carbons (Fsp3) is 0.483. The molecule has 0 saturated heterocycles. The molecule has 0 bridgehead atoms. The van der Waals surface area contributed by atoms with Crippen LogP contribution in [0.15, 0.2) is 84.6 Å². The minimum Gasteiger partial charge on any atom is -0.455 e. The Bertz CT molecular complexity index is 799. The van der Waals surface area contributed by atoms with Crippen LogP contribution in [0.1, 0.15) is 47.0 Å². The molecule has 5 nitrogen and oxygen atoms in total. The molecule has 1 heterocycles. The molecule has 1 aliphatic heterocycles. The van der Waals surface area contributed by atoms with Crippen LogP contribution < -0.4 is 0 Å². The van der Waals surface area contributed by atoms with Crippen LogP contribution in [0.3, 0.4) is 0 Å². The Kier molecular flexibility index (Phi) is 14.8. The molecule has 6 atom stereocenters. The quantitative estimate of drug-likeness (QED) is 0.427. The van der Waals surface area contributed by atoms with Crippen LogP contribution in [0, 0.1) is 11.8 Å². The number of methoxy groups -OCH3 is 1. The highest BCUT2D eigenvalue weighted by Gasteiger charge is 2.27. The van der Waals surface area contributed by atoms with Crippen molar-refractivity contribution in [1.82, 2.24) is 0 Å². The van der Waals surface area contributed by atoms with Gasteiger partial charge in [0.05, 0.1) is 6.10 Å². The highest BCUT2D eigenvalue weighted by Crippen LogP contribution is 2.16. The van der Waals surface area contributed by atoms with Gasteiger partial charge in [-0.2, -0.15) is 0 Å². The summed E-state index contributed by atoms with van der Waals surface area (Å²) >= 11 is 0. The Morgan fingerprint density at radius 1 is 1.03 bits per heavy atom. The van der Waals surface area contributed by atoms with Crippen molar-refractivity contribution in [3.63, 3.8) is 0 Å². The summed E-state index contributed by atoms with van der Waals surface area (Å²) in [5.41, 5.74) is 0.946. The van der Waals surface area contributed by atoms with E-state index in [4.69, 9.17) is 9.47 Å². The van der Waals surface area contributed by atoms with Crippen LogP contribution in [0.25, 0.3) is 0 Å². The molecular formula is C29H42O5. The van der Waals surface area contributed by atoms with Crippen LogP contribution in [0.2, 0.25) is 0 Å². The number of allylic oxidation sites excluding steroid dienone is 9. The van der Waals surface area contributed by atoms with Crippen molar-refractivity contribution in [2.45, 2.75) is 71.4 Å². The van der Waals surface area contributed by atoms with Crippen molar-refractivity contribution in [2.75, 3.05) is 7.11 Å². The lowest BCUT2D eigenvalue weighted by Gasteiger charge is -2.26. The number of carbonyl (C=O) groups is 1. The first-order valence-corrected chi connectivity index (χ1v) is 12.1. The largest absolute Gasteiger partial charge is 0.455 e. The molecule has 1 aliphatic rings. The normalized spacial score (nSPS) is 36.8. The van der Waals surface area contributed by atoms with E-state index in [1.807, 2.05) is 69.4 Å². The lowest BCUT2D eigenvalue weighted by atomic mass is 9.94. The van der Waals surface area contributed by atoms with Crippen LogP contribution in [0.4, 0.5) is 0 Å². The first-order valence-electron chi connectivity index (χ1n) is 12.1. The Morgan fingerprint density at radius 2 is 1.79 bits per heavy atom. The average molecular weight is 471 g/mol. The standard InChI is InChI=1S/C29H42O5/c1-6-7-17-25-18-9-8-10-19-26(33-5)29(32)28(31)24(4)16-12-15-22(2)13-11-14-23(3)20-21-27(30)34-25/h7-14,16-17,19-22,24-26,28-29,31-32H,6,15,18H2,1-5H3/b9-8-,13-11+,16-12+,17-7+,19-10-,21-20+,23-14+. The molecule has 0 saturated carbocycles. The van der Waals surface area contributed by atoms with Gasteiger partial charge < -0.3 is 19.7 Å². The molecule has 188 valence electrons. The summed E-state index contributed by atoms with van der Waals surface area (Å²) in [6, 6.07) is 0. The maximum Gasteiger partial charge on any atom is 0.331 e. The minimum atomic E-state index is -1.06. The number of cyclic esters (lactones) is 1. The monoisotopic (exact) mass is 470 g/mol. The molecule has 0 fully saturated rings.